The third-order valence-electron chi connectivity index (χ3n) is 3.56. The molecule has 0 bridgehead atoms. The molecule has 25 heavy (non-hydrogen) atoms. The van der Waals surface area contributed by atoms with Crippen molar-refractivity contribution in [2.75, 3.05) is 7.11 Å². The van der Waals surface area contributed by atoms with Crippen LogP contribution in [0.5, 0.6) is 5.75 Å². The molecule has 0 saturated carbocycles. The Labute approximate surface area is 143 Å². The zero-order chi connectivity index (χ0) is 17.6. The number of methoxy groups -OCH3 is 1. The Morgan fingerprint density at radius 1 is 1.12 bits per heavy atom. The molecule has 2 aromatic carbocycles. The van der Waals surface area contributed by atoms with E-state index in [1.807, 2.05) is 30.3 Å². The smallest absolute Gasteiger partial charge is 0.368 e. The molecule has 0 atom stereocenters. The summed E-state index contributed by atoms with van der Waals surface area (Å²) in [7, 11) is 1.58. The molecule has 128 valence electrons. The lowest BCUT2D eigenvalue weighted by atomic mass is 10.2. The first-order valence-corrected chi connectivity index (χ1v) is 7.65. The summed E-state index contributed by atoms with van der Waals surface area (Å²) in [5.74, 6) is 0.388. The molecule has 3 aromatic rings. The largest absolute Gasteiger partial charge is 0.497 e. The minimum absolute atomic E-state index is 0.199. The molecule has 0 fully saturated rings. The Morgan fingerprint density at radius 3 is 2.68 bits per heavy atom. The predicted octanol–water partition coefficient (Wildman–Crippen LogP) is 0.754. The van der Waals surface area contributed by atoms with Gasteiger partial charge in [-0.3, -0.25) is 4.79 Å². The highest BCUT2D eigenvalue weighted by Crippen LogP contribution is 2.12. The summed E-state index contributed by atoms with van der Waals surface area (Å²) >= 11 is 0. The highest BCUT2D eigenvalue weighted by atomic mass is 16.5. The number of benzene rings is 2. The van der Waals surface area contributed by atoms with Crippen LogP contribution in [0.1, 0.15) is 5.56 Å². The molecule has 1 amide bonds. The van der Waals surface area contributed by atoms with E-state index in [0.29, 0.717) is 18.0 Å². The van der Waals surface area contributed by atoms with Crippen LogP contribution in [0.2, 0.25) is 0 Å². The van der Waals surface area contributed by atoms with Crippen LogP contribution in [-0.2, 0) is 17.9 Å². The normalized spacial score (nSPS) is 10.4. The average Bonchev–Trinajstić information content (AvgIpc) is 3.01. The van der Waals surface area contributed by atoms with Crippen LogP contribution in [0.3, 0.4) is 0 Å². The third-order valence-corrected chi connectivity index (χ3v) is 3.56. The monoisotopic (exact) mass is 339 g/mol. The van der Waals surface area contributed by atoms with Gasteiger partial charge in [-0.15, -0.1) is 0 Å². The van der Waals surface area contributed by atoms with Crippen LogP contribution in [0.25, 0.3) is 5.69 Å². The zero-order valence-electron chi connectivity index (χ0n) is 13.6. The molecule has 1 aromatic heterocycles. The fourth-order valence-corrected chi connectivity index (χ4v) is 2.28. The van der Waals surface area contributed by atoms with Gasteiger partial charge in [-0.25, -0.2) is 4.79 Å². The third kappa shape index (κ3) is 3.92. The maximum atomic E-state index is 12.3. The van der Waals surface area contributed by atoms with E-state index in [1.165, 1.54) is 0 Å². The van der Waals surface area contributed by atoms with Crippen molar-refractivity contribution in [1.29, 1.82) is 0 Å². The SMILES string of the molecule is COc1cccc(CNC(=O)Cn2nnn(-c3ccccc3)c2=O)c1. The van der Waals surface area contributed by atoms with Gasteiger partial charge in [0.05, 0.1) is 12.8 Å². The second kappa shape index (κ2) is 7.43. The summed E-state index contributed by atoms with van der Waals surface area (Å²) in [5.41, 5.74) is 1.02. The first-order chi connectivity index (χ1) is 12.2. The van der Waals surface area contributed by atoms with Crippen LogP contribution in [0, 0.1) is 0 Å². The Morgan fingerprint density at radius 2 is 1.92 bits per heavy atom. The molecular formula is C17H17N5O3. The van der Waals surface area contributed by atoms with Gasteiger partial charge >= 0.3 is 5.69 Å². The highest BCUT2D eigenvalue weighted by molar-refractivity contribution is 5.75. The summed E-state index contributed by atoms with van der Waals surface area (Å²) in [6.07, 6.45) is 0. The lowest BCUT2D eigenvalue weighted by molar-refractivity contribution is -0.122. The molecule has 1 N–H and O–H groups in total. The van der Waals surface area contributed by atoms with Crippen molar-refractivity contribution in [2.24, 2.45) is 0 Å². The minimum atomic E-state index is -0.470. The van der Waals surface area contributed by atoms with Gasteiger partial charge in [-0.05, 0) is 40.3 Å². The molecular weight excluding hydrogens is 322 g/mol. The molecule has 0 spiro atoms. The number of hydrogen-bond acceptors (Lipinski definition) is 5. The number of nitrogens with zero attached hydrogens (tertiary/aromatic N) is 4. The highest BCUT2D eigenvalue weighted by Gasteiger charge is 2.12. The summed E-state index contributed by atoms with van der Waals surface area (Å²) in [6, 6.07) is 16.3. The minimum Gasteiger partial charge on any atom is -0.497 e. The molecule has 8 nitrogen and oxygen atoms in total. The number of aromatic nitrogens is 4. The van der Waals surface area contributed by atoms with Crippen LogP contribution in [-0.4, -0.2) is 32.8 Å². The molecule has 0 saturated heterocycles. The van der Waals surface area contributed by atoms with Gasteiger partial charge in [-0.2, -0.15) is 9.36 Å². The van der Waals surface area contributed by atoms with Crippen LogP contribution < -0.4 is 15.7 Å². The number of hydrogen-bond donors (Lipinski definition) is 1. The van der Waals surface area contributed by atoms with Gasteiger partial charge in [0.15, 0.2) is 0 Å². The molecule has 0 aliphatic carbocycles. The molecule has 3 rings (SSSR count). The van der Waals surface area contributed by atoms with Gasteiger partial charge in [0.2, 0.25) is 5.91 Å². The zero-order valence-corrected chi connectivity index (χ0v) is 13.6. The van der Waals surface area contributed by atoms with Crippen molar-refractivity contribution >= 4 is 5.91 Å². The van der Waals surface area contributed by atoms with E-state index in [0.717, 1.165) is 14.9 Å². The molecule has 0 radical (unpaired) electrons. The lowest BCUT2D eigenvalue weighted by Crippen LogP contribution is -2.33. The Hall–Kier alpha value is -3.42. The van der Waals surface area contributed by atoms with Gasteiger partial charge < -0.3 is 10.1 Å². The Kier molecular flexibility index (Phi) is 4.89. The number of para-hydroxylation sites is 1. The van der Waals surface area contributed by atoms with Crippen molar-refractivity contribution in [3.05, 3.63) is 70.6 Å². The fraction of sp³-hybridized carbons (Fsp3) is 0.176. The number of nitrogens with one attached hydrogen (secondary N) is 1. The standard InChI is InChI=1S/C17H17N5O3/c1-25-15-9-5-6-13(10-15)11-18-16(23)12-21-17(24)22(20-19-21)14-7-3-2-4-8-14/h2-10H,11-12H2,1H3,(H,18,23). The number of carbonyl (C=O) groups excluding carboxylic acids is 1. The number of carbonyl (C=O) groups is 1. The fourth-order valence-electron chi connectivity index (χ4n) is 2.28. The van der Waals surface area contributed by atoms with E-state index in [1.54, 1.807) is 31.4 Å². The maximum absolute atomic E-state index is 12.3. The van der Waals surface area contributed by atoms with Crippen molar-refractivity contribution in [2.45, 2.75) is 13.1 Å². The second-order valence-corrected chi connectivity index (χ2v) is 5.29. The van der Waals surface area contributed by atoms with Gasteiger partial charge in [0.1, 0.15) is 12.3 Å². The van der Waals surface area contributed by atoms with E-state index in [4.69, 9.17) is 4.74 Å². The first-order valence-electron chi connectivity index (χ1n) is 7.65. The van der Waals surface area contributed by atoms with Crippen LogP contribution in [0.4, 0.5) is 0 Å². The molecule has 0 aliphatic rings. The maximum Gasteiger partial charge on any atom is 0.368 e. The van der Waals surface area contributed by atoms with Crippen molar-refractivity contribution in [3.63, 3.8) is 0 Å². The van der Waals surface area contributed by atoms with Gasteiger partial charge in [0, 0.05) is 6.54 Å². The molecule has 0 aliphatic heterocycles. The number of amides is 1. The van der Waals surface area contributed by atoms with Gasteiger partial charge in [-0.1, -0.05) is 30.3 Å². The topological polar surface area (TPSA) is 91.0 Å². The molecule has 1 heterocycles. The van der Waals surface area contributed by atoms with E-state index < -0.39 is 5.69 Å². The molecule has 8 heteroatoms. The van der Waals surface area contributed by atoms with Crippen LogP contribution >= 0.6 is 0 Å². The summed E-state index contributed by atoms with van der Waals surface area (Å²) in [5, 5.41) is 10.3. The number of ether oxygens (including phenoxy) is 1. The Balaban J connectivity index is 1.64. The predicted molar refractivity (Wildman–Crippen MR) is 90.5 cm³/mol. The van der Waals surface area contributed by atoms with Crippen molar-refractivity contribution in [1.82, 2.24) is 25.1 Å². The quantitative estimate of drug-likeness (QED) is 0.716. The van der Waals surface area contributed by atoms with Gasteiger partial charge in [0.25, 0.3) is 0 Å². The van der Waals surface area contributed by atoms with E-state index in [9.17, 15) is 9.59 Å². The molecule has 0 unspecified atom stereocenters. The first kappa shape index (κ1) is 16.4. The van der Waals surface area contributed by atoms with Crippen LogP contribution in [0.15, 0.2) is 59.4 Å². The average molecular weight is 339 g/mol. The lowest BCUT2D eigenvalue weighted by Gasteiger charge is -2.06. The second-order valence-electron chi connectivity index (χ2n) is 5.29. The number of tetrazole rings is 1. The summed E-state index contributed by atoms with van der Waals surface area (Å²) in [6.45, 7) is 0.132. The van der Waals surface area contributed by atoms with Crippen molar-refractivity contribution < 1.29 is 9.53 Å². The van der Waals surface area contributed by atoms with Crippen molar-refractivity contribution in [3.8, 4) is 11.4 Å². The summed E-state index contributed by atoms with van der Waals surface area (Å²) in [4.78, 5) is 24.3. The summed E-state index contributed by atoms with van der Waals surface area (Å²) < 4.78 is 7.31. The van der Waals surface area contributed by atoms with E-state index in [-0.39, 0.29) is 12.5 Å². The van der Waals surface area contributed by atoms with E-state index in [2.05, 4.69) is 15.7 Å². The van der Waals surface area contributed by atoms with E-state index >= 15 is 0 Å². The number of rotatable bonds is 6. The Bertz CT molecular complexity index is 917.